The molecule has 0 aliphatic carbocycles. The molecule has 0 bridgehead atoms. The van der Waals surface area contributed by atoms with Gasteiger partial charge in [0.25, 0.3) is 11.6 Å². The van der Waals surface area contributed by atoms with Crippen LogP contribution in [0.3, 0.4) is 0 Å². The van der Waals surface area contributed by atoms with Crippen molar-refractivity contribution in [1.29, 1.82) is 0 Å². The summed E-state index contributed by atoms with van der Waals surface area (Å²) in [5.74, 6) is -0.940. The molecule has 1 aromatic heterocycles. The zero-order valence-electron chi connectivity index (χ0n) is 15.6. The van der Waals surface area contributed by atoms with E-state index in [1.807, 2.05) is 6.92 Å². The molecule has 9 heteroatoms. The Bertz CT molecular complexity index is 1150. The van der Waals surface area contributed by atoms with Crippen LogP contribution in [-0.2, 0) is 16.1 Å². The molecular formula is C20H18FN3O4S. The van der Waals surface area contributed by atoms with E-state index in [0.29, 0.717) is 40.3 Å². The minimum Gasteiger partial charge on any atom is -0.380 e. The van der Waals surface area contributed by atoms with Crippen LogP contribution in [0.1, 0.15) is 12.5 Å². The van der Waals surface area contributed by atoms with E-state index in [9.17, 15) is 19.3 Å². The van der Waals surface area contributed by atoms with Crippen LogP contribution < -0.4 is 4.80 Å². The lowest BCUT2D eigenvalue weighted by molar-refractivity contribution is -0.384. The molecule has 0 aliphatic rings. The number of thiazole rings is 1. The largest absolute Gasteiger partial charge is 0.380 e. The quantitative estimate of drug-likeness (QED) is 0.253. The Morgan fingerprint density at radius 3 is 2.90 bits per heavy atom. The summed E-state index contributed by atoms with van der Waals surface area (Å²) in [4.78, 5) is 27.1. The van der Waals surface area contributed by atoms with Crippen molar-refractivity contribution in [3.63, 3.8) is 0 Å². The number of para-hydroxylation sites is 1. The summed E-state index contributed by atoms with van der Waals surface area (Å²) in [7, 11) is 0. The molecule has 150 valence electrons. The van der Waals surface area contributed by atoms with E-state index < -0.39 is 16.6 Å². The summed E-state index contributed by atoms with van der Waals surface area (Å²) in [6.07, 6.45) is 2.68. The molecule has 7 nitrogen and oxygen atoms in total. The number of ether oxygens (including phenoxy) is 1. The zero-order valence-corrected chi connectivity index (χ0v) is 16.4. The molecule has 0 N–H and O–H groups in total. The third-order valence-electron chi connectivity index (χ3n) is 4.02. The maximum absolute atomic E-state index is 14.3. The maximum atomic E-state index is 14.3. The molecule has 0 fully saturated rings. The predicted octanol–water partition coefficient (Wildman–Crippen LogP) is 3.93. The minimum atomic E-state index is -0.548. The van der Waals surface area contributed by atoms with E-state index in [-0.39, 0.29) is 5.69 Å². The number of halogens is 1. The molecule has 0 atom stereocenters. The Balaban J connectivity index is 1.93. The molecular weight excluding hydrogens is 397 g/mol. The summed E-state index contributed by atoms with van der Waals surface area (Å²) in [6.45, 7) is 3.12. The van der Waals surface area contributed by atoms with Gasteiger partial charge in [-0.05, 0) is 30.7 Å². The van der Waals surface area contributed by atoms with Gasteiger partial charge < -0.3 is 9.30 Å². The summed E-state index contributed by atoms with van der Waals surface area (Å²) < 4.78 is 22.0. The molecule has 0 saturated carbocycles. The second-order valence-electron chi connectivity index (χ2n) is 5.96. The van der Waals surface area contributed by atoms with Crippen molar-refractivity contribution in [2.24, 2.45) is 4.99 Å². The normalized spacial score (nSPS) is 12.1. The van der Waals surface area contributed by atoms with Gasteiger partial charge in [-0.2, -0.15) is 4.99 Å². The van der Waals surface area contributed by atoms with Gasteiger partial charge in [-0.3, -0.25) is 14.9 Å². The first-order valence-electron chi connectivity index (χ1n) is 8.86. The van der Waals surface area contributed by atoms with Crippen LogP contribution in [-0.4, -0.2) is 28.6 Å². The fraction of sp³-hybridized carbons (Fsp3) is 0.200. The molecule has 29 heavy (non-hydrogen) atoms. The van der Waals surface area contributed by atoms with E-state index >= 15 is 0 Å². The number of hydrogen-bond acceptors (Lipinski definition) is 5. The van der Waals surface area contributed by atoms with Crippen molar-refractivity contribution in [2.45, 2.75) is 13.5 Å². The first-order valence-corrected chi connectivity index (χ1v) is 9.68. The van der Waals surface area contributed by atoms with Crippen LogP contribution in [0.25, 0.3) is 16.3 Å². The maximum Gasteiger partial charge on any atom is 0.272 e. The van der Waals surface area contributed by atoms with Gasteiger partial charge in [-0.25, -0.2) is 4.39 Å². The number of carbonyl (C=O) groups is 1. The average molecular weight is 415 g/mol. The van der Waals surface area contributed by atoms with Crippen LogP contribution in [0, 0.1) is 15.9 Å². The van der Waals surface area contributed by atoms with Crippen LogP contribution in [0.4, 0.5) is 10.1 Å². The Morgan fingerprint density at radius 2 is 2.14 bits per heavy atom. The smallest absolute Gasteiger partial charge is 0.272 e. The monoisotopic (exact) mass is 415 g/mol. The number of hydrogen-bond donors (Lipinski definition) is 0. The number of fused-ring (bicyclic) bond motifs is 1. The Morgan fingerprint density at radius 1 is 1.34 bits per heavy atom. The van der Waals surface area contributed by atoms with Gasteiger partial charge >= 0.3 is 0 Å². The minimum absolute atomic E-state index is 0.0646. The second kappa shape index (κ2) is 9.35. The number of nitrogens with zero attached hydrogens (tertiary/aromatic N) is 3. The number of aromatic nitrogens is 1. The first kappa shape index (κ1) is 20.6. The highest BCUT2D eigenvalue weighted by Crippen LogP contribution is 2.20. The van der Waals surface area contributed by atoms with Gasteiger partial charge in [0, 0.05) is 31.4 Å². The molecule has 0 spiro atoms. The second-order valence-corrected chi connectivity index (χ2v) is 6.96. The van der Waals surface area contributed by atoms with E-state index in [0.717, 1.165) is 0 Å². The van der Waals surface area contributed by atoms with Crippen molar-refractivity contribution in [2.75, 3.05) is 13.2 Å². The number of amides is 1. The van der Waals surface area contributed by atoms with Crippen molar-refractivity contribution >= 4 is 39.2 Å². The lowest BCUT2D eigenvalue weighted by atomic mass is 10.2. The van der Waals surface area contributed by atoms with Gasteiger partial charge in [0.1, 0.15) is 5.82 Å². The van der Waals surface area contributed by atoms with Crippen molar-refractivity contribution < 1.29 is 18.8 Å². The predicted molar refractivity (Wildman–Crippen MR) is 109 cm³/mol. The van der Waals surface area contributed by atoms with E-state index in [4.69, 9.17) is 4.74 Å². The fourth-order valence-electron chi connectivity index (χ4n) is 2.72. The number of benzene rings is 2. The summed E-state index contributed by atoms with van der Waals surface area (Å²) >= 11 is 1.21. The molecule has 1 amide bonds. The van der Waals surface area contributed by atoms with Gasteiger partial charge in [-0.15, -0.1) is 0 Å². The van der Waals surface area contributed by atoms with Gasteiger partial charge in [0.05, 0.1) is 21.7 Å². The molecule has 0 saturated heterocycles. The number of nitro groups is 1. The van der Waals surface area contributed by atoms with Gasteiger partial charge in [0.15, 0.2) is 4.80 Å². The fourth-order valence-corrected chi connectivity index (χ4v) is 3.80. The van der Waals surface area contributed by atoms with Crippen LogP contribution >= 0.6 is 11.3 Å². The molecule has 0 radical (unpaired) electrons. The molecule has 2 aromatic carbocycles. The van der Waals surface area contributed by atoms with Crippen LogP contribution in [0.5, 0.6) is 0 Å². The summed E-state index contributed by atoms with van der Waals surface area (Å²) in [5.41, 5.74) is 0.825. The number of nitro benzene ring substituents is 1. The number of non-ortho nitro benzene ring substituents is 1. The zero-order chi connectivity index (χ0) is 20.8. The van der Waals surface area contributed by atoms with Crippen LogP contribution in [0.2, 0.25) is 0 Å². The van der Waals surface area contributed by atoms with E-state index in [1.54, 1.807) is 22.8 Å². The highest BCUT2D eigenvalue weighted by molar-refractivity contribution is 7.16. The summed E-state index contributed by atoms with van der Waals surface area (Å²) in [6, 6.07) is 10.7. The third-order valence-corrected chi connectivity index (χ3v) is 5.06. The third kappa shape index (κ3) is 5.01. The highest BCUT2D eigenvalue weighted by Gasteiger charge is 2.11. The topological polar surface area (TPSA) is 86.7 Å². The Kier molecular flexibility index (Phi) is 6.63. The van der Waals surface area contributed by atoms with E-state index in [2.05, 4.69) is 4.99 Å². The highest BCUT2D eigenvalue weighted by atomic mass is 32.1. The average Bonchev–Trinajstić information content (AvgIpc) is 3.05. The van der Waals surface area contributed by atoms with Gasteiger partial charge in [-0.1, -0.05) is 29.5 Å². The lowest BCUT2D eigenvalue weighted by Crippen LogP contribution is -2.19. The van der Waals surface area contributed by atoms with Crippen LogP contribution in [0.15, 0.2) is 53.5 Å². The number of carbonyl (C=O) groups excluding carboxylic acids is 1. The van der Waals surface area contributed by atoms with Crippen molar-refractivity contribution in [3.05, 3.63) is 74.8 Å². The first-order chi connectivity index (χ1) is 14.0. The summed E-state index contributed by atoms with van der Waals surface area (Å²) in [5, 5.41) is 10.8. The van der Waals surface area contributed by atoms with Crippen molar-refractivity contribution in [3.8, 4) is 0 Å². The lowest BCUT2D eigenvalue weighted by Gasteiger charge is -2.05. The molecule has 1 heterocycles. The van der Waals surface area contributed by atoms with E-state index in [1.165, 1.54) is 47.8 Å². The SMILES string of the molecule is CCOCCn1c(=NC(=O)C=Cc2cccc([N+](=O)[O-])c2)sc2cccc(F)c21. The Labute approximate surface area is 169 Å². The number of rotatable bonds is 7. The van der Waals surface area contributed by atoms with Gasteiger partial charge in [0.2, 0.25) is 0 Å². The Hall–Kier alpha value is -3.17. The standard InChI is InChI=1S/C20H18FN3O4S/c1-2-28-12-11-23-19-16(21)7-4-8-17(19)29-20(23)22-18(25)10-9-14-5-3-6-15(13-14)24(26)27/h3-10,13H,2,11-12H2,1H3. The molecule has 3 aromatic rings. The van der Waals surface area contributed by atoms with Crippen molar-refractivity contribution in [1.82, 2.24) is 4.57 Å². The molecule has 0 aliphatic heterocycles. The molecule has 3 rings (SSSR count). The molecule has 0 unspecified atom stereocenters.